The van der Waals surface area contributed by atoms with E-state index in [0.717, 1.165) is 5.69 Å². The van der Waals surface area contributed by atoms with Crippen molar-refractivity contribution in [1.82, 2.24) is 0 Å². The Labute approximate surface area is 89.0 Å². The summed E-state index contributed by atoms with van der Waals surface area (Å²) in [4.78, 5) is 0. The van der Waals surface area contributed by atoms with E-state index >= 15 is 0 Å². The van der Waals surface area contributed by atoms with Gasteiger partial charge in [0.15, 0.2) is 0 Å². The van der Waals surface area contributed by atoms with E-state index in [-0.39, 0.29) is 40.7 Å². The Hall–Kier alpha value is -0.110. The fourth-order valence-electron chi connectivity index (χ4n) is 0.523. The molecule has 1 aromatic carbocycles. The third-order valence-electron chi connectivity index (χ3n) is 0.934. The van der Waals surface area contributed by atoms with Gasteiger partial charge in [-0.05, 0) is 0 Å². The molecule has 0 saturated heterocycles. The van der Waals surface area contributed by atoms with Crippen LogP contribution in [-0.2, 0) is 25.8 Å². The average Bonchev–Trinajstić information content (AvgIpc) is 1.90. The molecule has 1 nitrogen and oxygen atoms in total. The van der Waals surface area contributed by atoms with Crippen molar-refractivity contribution >= 4 is 5.69 Å². The van der Waals surface area contributed by atoms with Gasteiger partial charge in [0, 0.05) is 0 Å². The molecule has 0 atom stereocenters. The van der Waals surface area contributed by atoms with Gasteiger partial charge in [0.25, 0.3) is 0 Å². The molecule has 0 aliphatic rings. The Morgan fingerprint density at radius 2 is 1.91 bits per heavy atom. The van der Waals surface area contributed by atoms with Gasteiger partial charge in [-0.15, -0.1) is 7.05 Å². The topological polar surface area (TPSA) is 14.1 Å². The molecule has 1 aromatic rings. The van der Waals surface area contributed by atoms with Gasteiger partial charge < -0.3 is 20.2 Å². The van der Waals surface area contributed by atoms with Crippen LogP contribution in [0.2, 0.25) is 0 Å². The molecule has 0 saturated carbocycles. The van der Waals surface area contributed by atoms with E-state index in [2.05, 4.69) is 11.4 Å². The average molecular weight is 314 g/mol. The number of hydrogen-bond donors (Lipinski definition) is 0. The van der Waals surface area contributed by atoms with E-state index in [1.54, 1.807) is 7.05 Å². The van der Waals surface area contributed by atoms with Crippen LogP contribution in [0, 0.1) is 20.9 Å². The Morgan fingerprint density at radius 3 is 2.18 bits per heavy atom. The SMILES string of the molecule is C[N-]c1[c-]cccc1.[CH3-].[CH3-].[Hf+4]. The van der Waals surface area contributed by atoms with Crippen molar-refractivity contribution in [3.8, 4) is 0 Å². The number of nitrogens with zero attached hydrogens (tertiary/aromatic N) is 1. The third-order valence-corrected chi connectivity index (χ3v) is 0.934. The normalized spacial score (nSPS) is 6.27. The van der Waals surface area contributed by atoms with Gasteiger partial charge in [0.05, 0.1) is 0 Å². The van der Waals surface area contributed by atoms with Crippen LogP contribution in [0.5, 0.6) is 0 Å². The first-order chi connectivity index (χ1) is 3.93. The first-order valence-electron chi connectivity index (χ1n) is 2.50. The molecule has 0 aliphatic heterocycles. The molecule has 0 aromatic heterocycles. The molecule has 0 fully saturated rings. The summed E-state index contributed by atoms with van der Waals surface area (Å²) in [5.74, 6) is 0. The molecule has 0 amide bonds. The maximum atomic E-state index is 3.92. The van der Waals surface area contributed by atoms with E-state index < -0.39 is 0 Å². The third kappa shape index (κ3) is 6.29. The molecule has 0 spiro atoms. The van der Waals surface area contributed by atoms with Crippen LogP contribution >= 0.6 is 0 Å². The van der Waals surface area contributed by atoms with Gasteiger partial charge in [-0.2, -0.15) is 30.3 Å². The Bertz CT molecular complexity index is 151. The van der Waals surface area contributed by atoms with Crippen molar-refractivity contribution in [3.63, 3.8) is 0 Å². The summed E-state index contributed by atoms with van der Waals surface area (Å²) in [6.45, 7) is 0. The molecular weight excluding hydrogens is 301 g/mol. The molecule has 0 aliphatic carbocycles. The molecule has 2 heteroatoms. The molecule has 58 valence electrons. The van der Waals surface area contributed by atoms with Gasteiger partial charge >= 0.3 is 25.8 Å². The second kappa shape index (κ2) is 9.89. The van der Waals surface area contributed by atoms with Gasteiger partial charge in [0.2, 0.25) is 0 Å². The smallest absolute Gasteiger partial charge is 0.708 e. The molecule has 0 bridgehead atoms. The van der Waals surface area contributed by atoms with Crippen LogP contribution in [0.1, 0.15) is 0 Å². The Balaban J connectivity index is -0.000000213. The summed E-state index contributed by atoms with van der Waals surface area (Å²) < 4.78 is 0. The zero-order chi connectivity index (χ0) is 5.82. The molecule has 0 radical (unpaired) electrons. The number of benzene rings is 1. The molecule has 0 N–H and O–H groups in total. The largest absolute Gasteiger partial charge is 4.00 e. The molecule has 0 heterocycles. The Kier molecular flexibility index (Phi) is 15.4. The maximum absolute atomic E-state index is 3.92. The van der Waals surface area contributed by atoms with Gasteiger partial charge in [0.1, 0.15) is 0 Å². The van der Waals surface area contributed by atoms with Crippen molar-refractivity contribution in [2.75, 3.05) is 7.05 Å². The summed E-state index contributed by atoms with van der Waals surface area (Å²) in [5, 5.41) is 3.92. The Morgan fingerprint density at radius 1 is 1.27 bits per heavy atom. The fourth-order valence-corrected chi connectivity index (χ4v) is 0.523. The summed E-state index contributed by atoms with van der Waals surface area (Å²) in [5.41, 5.74) is 0.910. The van der Waals surface area contributed by atoms with Crippen LogP contribution in [0.4, 0.5) is 5.69 Å². The molecule has 1 rings (SSSR count). The van der Waals surface area contributed by atoms with Gasteiger partial charge in [-0.1, -0.05) is 0 Å². The second-order valence-electron chi connectivity index (χ2n) is 1.47. The number of rotatable bonds is 1. The van der Waals surface area contributed by atoms with Gasteiger partial charge in [-0.3, -0.25) is 5.69 Å². The van der Waals surface area contributed by atoms with E-state index in [1.165, 1.54) is 0 Å². The molecule has 11 heavy (non-hydrogen) atoms. The number of hydrogen-bond acceptors (Lipinski definition) is 0. The summed E-state index contributed by atoms with van der Waals surface area (Å²) in [6.07, 6.45) is 0. The van der Waals surface area contributed by atoms with Crippen LogP contribution in [-0.4, -0.2) is 7.05 Å². The van der Waals surface area contributed by atoms with Gasteiger partial charge in [-0.25, -0.2) is 0 Å². The molecular formula is C9H13HfN. The standard InChI is InChI=1S/C7H7N.2CH3.Hf/c1-8-7-5-3-2-4-6-7;;;/h2-5H,1H3;2*1H3;/q-2;2*-1;+4. The zero-order valence-electron chi connectivity index (χ0n) is 7.26. The quantitative estimate of drug-likeness (QED) is 0.559. The minimum Gasteiger partial charge on any atom is -0.708 e. The van der Waals surface area contributed by atoms with Crippen molar-refractivity contribution < 1.29 is 25.8 Å². The van der Waals surface area contributed by atoms with Crippen molar-refractivity contribution in [2.45, 2.75) is 0 Å². The predicted octanol–water partition coefficient (Wildman–Crippen LogP) is 3.02. The fraction of sp³-hybridized carbons (Fsp3) is 0.111. The van der Waals surface area contributed by atoms with Crippen LogP contribution < -0.4 is 0 Å². The van der Waals surface area contributed by atoms with E-state index in [4.69, 9.17) is 0 Å². The predicted molar refractivity (Wildman–Crippen MR) is 47.0 cm³/mol. The number of para-hydroxylation sites is 1. The van der Waals surface area contributed by atoms with E-state index in [1.807, 2.05) is 24.3 Å². The van der Waals surface area contributed by atoms with Crippen molar-refractivity contribution in [1.29, 1.82) is 0 Å². The van der Waals surface area contributed by atoms with Crippen molar-refractivity contribution in [3.05, 3.63) is 50.5 Å². The first-order valence-corrected chi connectivity index (χ1v) is 2.50. The maximum Gasteiger partial charge on any atom is 4.00 e. The summed E-state index contributed by atoms with van der Waals surface area (Å²) in [6, 6.07) is 10.6. The first kappa shape index (κ1) is 17.1. The van der Waals surface area contributed by atoms with E-state index in [0.29, 0.717) is 0 Å². The monoisotopic (exact) mass is 315 g/mol. The minimum absolute atomic E-state index is 0. The van der Waals surface area contributed by atoms with Crippen molar-refractivity contribution in [2.24, 2.45) is 0 Å². The van der Waals surface area contributed by atoms with Crippen LogP contribution in [0.25, 0.3) is 5.32 Å². The van der Waals surface area contributed by atoms with Crippen LogP contribution in [0.15, 0.2) is 24.3 Å². The van der Waals surface area contributed by atoms with Crippen LogP contribution in [0.3, 0.4) is 0 Å². The van der Waals surface area contributed by atoms with E-state index in [9.17, 15) is 0 Å². The zero-order valence-corrected chi connectivity index (χ0v) is 10.8. The minimum atomic E-state index is 0. The summed E-state index contributed by atoms with van der Waals surface area (Å²) in [7, 11) is 1.76. The second-order valence-corrected chi connectivity index (χ2v) is 1.47. The molecule has 0 unspecified atom stereocenters. The summed E-state index contributed by atoms with van der Waals surface area (Å²) >= 11 is 0.